The summed E-state index contributed by atoms with van der Waals surface area (Å²) in [6.07, 6.45) is -2.57. The lowest BCUT2D eigenvalue weighted by Crippen LogP contribution is -2.29. The number of rotatable bonds is 6. The molecule has 10 heteroatoms. The summed E-state index contributed by atoms with van der Waals surface area (Å²) < 4.78 is 49.5. The van der Waals surface area contributed by atoms with Gasteiger partial charge < -0.3 is 19.9 Å². The van der Waals surface area contributed by atoms with Gasteiger partial charge in [-0.3, -0.25) is 0 Å². The van der Waals surface area contributed by atoms with Crippen LogP contribution in [-0.4, -0.2) is 41.0 Å². The van der Waals surface area contributed by atoms with Crippen LogP contribution in [0.3, 0.4) is 0 Å². The first kappa shape index (κ1) is 21.8. The van der Waals surface area contributed by atoms with Crippen LogP contribution in [0.1, 0.15) is 52.5 Å². The van der Waals surface area contributed by atoms with Gasteiger partial charge in [0, 0.05) is 12.1 Å². The Labute approximate surface area is 171 Å². The van der Waals surface area contributed by atoms with E-state index in [1.165, 1.54) is 19.2 Å². The van der Waals surface area contributed by atoms with Crippen LogP contribution in [0, 0.1) is 6.92 Å². The fourth-order valence-corrected chi connectivity index (χ4v) is 3.45. The zero-order chi connectivity index (χ0) is 21.9. The molecule has 3 rings (SSSR count). The zero-order valence-corrected chi connectivity index (χ0v) is 16.5. The van der Waals surface area contributed by atoms with E-state index in [-0.39, 0.29) is 23.8 Å². The van der Waals surface area contributed by atoms with Crippen LogP contribution in [0.5, 0.6) is 5.88 Å². The summed E-state index contributed by atoms with van der Waals surface area (Å²) in [5.41, 5.74) is 0.641. The Morgan fingerprint density at radius 3 is 2.57 bits per heavy atom. The first-order valence-corrected chi connectivity index (χ1v) is 9.41. The third-order valence-electron chi connectivity index (χ3n) is 5.05. The number of carboxylic acids is 1. The molecule has 0 radical (unpaired) electrons. The molecule has 1 aliphatic rings. The number of anilines is 1. The predicted octanol–water partition coefficient (Wildman–Crippen LogP) is 4.23. The lowest BCUT2D eigenvalue weighted by atomic mass is 9.97. The molecule has 30 heavy (non-hydrogen) atoms. The Bertz CT molecular complexity index is 903. The number of alkyl halides is 3. The topological polar surface area (TPSA) is 93.6 Å². The van der Waals surface area contributed by atoms with Gasteiger partial charge in [0.1, 0.15) is 5.69 Å². The fourth-order valence-electron chi connectivity index (χ4n) is 3.45. The highest BCUT2D eigenvalue weighted by molar-refractivity contribution is 5.89. The highest BCUT2D eigenvalue weighted by Gasteiger charge is 2.31. The third-order valence-corrected chi connectivity index (χ3v) is 5.05. The van der Waals surface area contributed by atoms with Gasteiger partial charge >= 0.3 is 12.1 Å². The van der Waals surface area contributed by atoms with Crippen molar-refractivity contribution in [3.63, 3.8) is 0 Å². The van der Waals surface area contributed by atoms with Crippen molar-refractivity contribution in [2.45, 2.75) is 44.6 Å². The quantitative estimate of drug-likeness (QED) is 0.715. The van der Waals surface area contributed by atoms with E-state index >= 15 is 0 Å². The number of nitrogens with one attached hydrogen (secondary N) is 1. The van der Waals surface area contributed by atoms with Crippen molar-refractivity contribution in [3.05, 3.63) is 46.6 Å². The Hall–Kier alpha value is -2.88. The van der Waals surface area contributed by atoms with E-state index in [0.717, 1.165) is 25.0 Å². The highest BCUT2D eigenvalue weighted by Crippen LogP contribution is 2.35. The molecule has 162 valence electrons. The Morgan fingerprint density at radius 1 is 1.27 bits per heavy atom. The van der Waals surface area contributed by atoms with Crippen molar-refractivity contribution >= 4 is 11.7 Å². The standard InChI is InChI=1S/C20H22F3N3O4/c1-11-16(18(29-2)26-25-17(11)19(27)28)24-10-14-4-3-5-15(30-14)12-6-8-13(9-7-12)20(21,22)23/h6-9,14-15H,3-5,10H2,1-2H3,(H,24,25)(H,27,28)/t14-,15+/m1/s1. The van der Waals surface area contributed by atoms with Crippen molar-refractivity contribution in [1.29, 1.82) is 0 Å². The minimum absolute atomic E-state index is 0.174. The molecule has 0 spiro atoms. The lowest BCUT2D eigenvalue weighted by molar-refractivity contribution is -0.137. The Balaban J connectivity index is 1.69. The Morgan fingerprint density at radius 2 is 1.97 bits per heavy atom. The average Bonchev–Trinajstić information content (AvgIpc) is 2.72. The van der Waals surface area contributed by atoms with Crippen LogP contribution >= 0.6 is 0 Å². The molecule has 2 atom stereocenters. The number of methoxy groups -OCH3 is 1. The van der Waals surface area contributed by atoms with Crippen molar-refractivity contribution in [2.24, 2.45) is 0 Å². The maximum Gasteiger partial charge on any atom is 0.416 e. The molecule has 1 aliphatic heterocycles. The normalized spacial score (nSPS) is 19.4. The molecule has 0 aliphatic carbocycles. The maximum absolute atomic E-state index is 12.8. The van der Waals surface area contributed by atoms with Crippen LogP contribution in [0.25, 0.3) is 0 Å². The number of carboxylic acid groups (broad SMARTS) is 1. The minimum Gasteiger partial charge on any atom is -0.478 e. The van der Waals surface area contributed by atoms with E-state index in [1.807, 2.05) is 0 Å². The van der Waals surface area contributed by atoms with Gasteiger partial charge in [-0.05, 0) is 43.9 Å². The second kappa shape index (κ2) is 8.86. The number of carbonyl (C=O) groups is 1. The predicted molar refractivity (Wildman–Crippen MR) is 102 cm³/mol. The SMILES string of the molecule is COc1nnc(C(=O)O)c(C)c1NC[C@H]1CCC[C@@H](c2ccc(C(F)(F)F)cc2)O1. The van der Waals surface area contributed by atoms with Gasteiger partial charge in [-0.2, -0.15) is 13.2 Å². The smallest absolute Gasteiger partial charge is 0.416 e. The summed E-state index contributed by atoms with van der Waals surface area (Å²) in [5, 5.41) is 19.8. The molecular formula is C20H22F3N3O4. The molecule has 0 unspecified atom stereocenters. The summed E-state index contributed by atoms with van der Waals surface area (Å²) in [5.74, 6) is -1.02. The summed E-state index contributed by atoms with van der Waals surface area (Å²) in [6.45, 7) is 1.97. The van der Waals surface area contributed by atoms with Gasteiger partial charge in [0.15, 0.2) is 5.69 Å². The number of halogens is 3. The molecule has 0 amide bonds. The number of aromatic nitrogens is 2. The number of benzene rings is 1. The van der Waals surface area contributed by atoms with Crippen LogP contribution in [0.4, 0.5) is 18.9 Å². The number of aromatic carboxylic acids is 1. The minimum atomic E-state index is -4.37. The molecule has 2 heterocycles. The van der Waals surface area contributed by atoms with Gasteiger partial charge in [-0.25, -0.2) is 4.79 Å². The largest absolute Gasteiger partial charge is 0.478 e. The lowest BCUT2D eigenvalue weighted by Gasteiger charge is -2.31. The number of hydrogen-bond donors (Lipinski definition) is 2. The second-order valence-corrected chi connectivity index (χ2v) is 7.04. The van der Waals surface area contributed by atoms with E-state index < -0.39 is 17.7 Å². The molecule has 1 aromatic carbocycles. The first-order valence-electron chi connectivity index (χ1n) is 9.41. The average molecular weight is 425 g/mol. The molecule has 1 fully saturated rings. The first-order chi connectivity index (χ1) is 14.2. The summed E-state index contributed by atoms with van der Waals surface area (Å²) in [6, 6.07) is 5.01. The molecular weight excluding hydrogens is 403 g/mol. The van der Waals surface area contributed by atoms with E-state index in [2.05, 4.69) is 15.5 Å². The number of ether oxygens (including phenoxy) is 2. The molecule has 0 bridgehead atoms. The molecule has 2 N–H and O–H groups in total. The van der Waals surface area contributed by atoms with Crippen molar-refractivity contribution < 1.29 is 32.5 Å². The molecule has 0 saturated carbocycles. The van der Waals surface area contributed by atoms with Crippen LogP contribution in [0.15, 0.2) is 24.3 Å². The van der Waals surface area contributed by atoms with Gasteiger partial charge in [0.05, 0.1) is 24.9 Å². The summed E-state index contributed by atoms with van der Waals surface area (Å²) in [4.78, 5) is 11.3. The summed E-state index contributed by atoms with van der Waals surface area (Å²) >= 11 is 0. The van der Waals surface area contributed by atoms with E-state index in [4.69, 9.17) is 9.47 Å². The monoisotopic (exact) mass is 425 g/mol. The van der Waals surface area contributed by atoms with Gasteiger partial charge in [-0.1, -0.05) is 12.1 Å². The van der Waals surface area contributed by atoms with Crippen molar-refractivity contribution in [2.75, 3.05) is 19.0 Å². The van der Waals surface area contributed by atoms with Crippen LogP contribution < -0.4 is 10.1 Å². The molecule has 1 saturated heterocycles. The maximum atomic E-state index is 12.8. The van der Waals surface area contributed by atoms with E-state index in [9.17, 15) is 23.1 Å². The number of nitrogens with zero attached hydrogens (tertiary/aromatic N) is 2. The van der Waals surface area contributed by atoms with Crippen molar-refractivity contribution in [3.8, 4) is 5.88 Å². The van der Waals surface area contributed by atoms with Gasteiger partial charge in [0.2, 0.25) is 0 Å². The van der Waals surface area contributed by atoms with Crippen molar-refractivity contribution in [1.82, 2.24) is 10.2 Å². The van der Waals surface area contributed by atoms with Gasteiger partial charge in [-0.15, -0.1) is 10.2 Å². The number of hydrogen-bond acceptors (Lipinski definition) is 6. The molecule has 1 aromatic heterocycles. The third kappa shape index (κ3) is 4.81. The molecule has 7 nitrogen and oxygen atoms in total. The molecule has 2 aromatic rings. The van der Waals surface area contributed by atoms with E-state index in [0.29, 0.717) is 29.8 Å². The van der Waals surface area contributed by atoms with Gasteiger partial charge in [0.25, 0.3) is 5.88 Å². The Kier molecular flexibility index (Phi) is 6.45. The van der Waals surface area contributed by atoms with Crippen LogP contribution in [0.2, 0.25) is 0 Å². The second-order valence-electron chi connectivity index (χ2n) is 7.04. The highest BCUT2D eigenvalue weighted by atomic mass is 19.4. The zero-order valence-electron chi connectivity index (χ0n) is 16.5. The summed E-state index contributed by atoms with van der Waals surface area (Å²) in [7, 11) is 1.41. The van der Waals surface area contributed by atoms with E-state index in [1.54, 1.807) is 6.92 Å². The van der Waals surface area contributed by atoms with Crippen LogP contribution in [-0.2, 0) is 10.9 Å². The fraction of sp³-hybridized carbons (Fsp3) is 0.450.